The molecule has 0 saturated carbocycles. The van der Waals surface area contributed by atoms with E-state index >= 15 is 0 Å². The molecule has 1 saturated heterocycles. The number of benzene rings is 1. The molecule has 0 unspecified atom stereocenters. The number of nitrogens with zero attached hydrogens (tertiary/aromatic N) is 1. The fourth-order valence-electron chi connectivity index (χ4n) is 2.40. The summed E-state index contributed by atoms with van der Waals surface area (Å²) in [6.07, 6.45) is 4.15. The molecule has 0 spiro atoms. The minimum Gasteiger partial charge on any atom is -0.311 e. The summed E-state index contributed by atoms with van der Waals surface area (Å²) in [7, 11) is 0. The van der Waals surface area contributed by atoms with E-state index < -0.39 is 0 Å². The van der Waals surface area contributed by atoms with Crippen LogP contribution in [0.1, 0.15) is 30.4 Å². The lowest BCUT2D eigenvalue weighted by atomic mass is 10.1. The number of nitrogens with one attached hydrogen (secondary N) is 1. The largest absolute Gasteiger partial charge is 0.311 e. The summed E-state index contributed by atoms with van der Waals surface area (Å²) in [6, 6.07) is 6.30. The summed E-state index contributed by atoms with van der Waals surface area (Å²) in [5.41, 5.74) is 2.41. The third kappa shape index (κ3) is 4.27. The van der Waals surface area contributed by atoms with Crippen molar-refractivity contribution in [1.29, 1.82) is 0 Å². The molecular weight excluding hydrogens is 244 g/mol. The maximum Gasteiger partial charge on any atom is 0.0438 e. The van der Waals surface area contributed by atoms with E-state index in [4.69, 9.17) is 11.6 Å². The second-order valence-corrected chi connectivity index (χ2v) is 5.57. The van der Waals surface area contributed by atoms with Crippen molar-refractivity contribution in [3.8, 4) is 0 Å². The topological polar surface area (TPSA) is 15.3 Å². The highest BCUT2D eigenvalue weighted by molar-refractivity contribution is 6.31. The average molecular weight is 267 g/mol. The SMILES string of the molecule is Cc1ccc(CNCCN2CCCCC2)cc1Cl. The first kappa shape index (κ1) is 13.9. The molecule has 1 fully saturated rings. The van der Waals surface area contributed by atoms with Gasteiger partial charge < -0.3 is 10.2 Å². The van der Waals surface area contributed by atoms with Crippen molar-refractivity contribution >= 4 is 11.6 Å². The van der Waals surface area contributed by atoms with Crippen molar-refractivity contribution < 1.29 is 0 Å². The van der Waals surface area contributed by atoms with E-state index in [1.807, 2.05) is 6.92 Å². The summed E-state index contributed by atoms with van der Waals surface area (Å²) in [4.78, 5) is 2.55. The zero-order valence-corrected chi connectivity index (χ0v) is 12.0. The lowest BCUT2D eigenvalue weighted by molar-refractivity contribution is 0.229. The zero-order chi connectivity index (χ0) is 12.8. The third-order valence-corrected chi connectivity index (χ3v) is 4.03. The maximum absolute atomic E-state index is 6.11. The standard InChI is InChI=1S/C15H23ClN2/c1-13-5-6-14(11-15(13)16)12-17-7-10-18-8-3-2-4-9-18/h5-6,11,17H,2-4,7-10,12H2,1H3. The molecule has 100 valence electrons. The van der Waals surface area contributed by atoms with Crippen LogP contribution < -0.4 is 5.32 Å². The molecule has 1 aliphatic heterocycles. The summed E-state index contributed by atoms with van der Waals surface area (Å²) in [5, 5.41) is 4.36. The zero-order valence-electron chi connectivity index (χ0n) is 11.2. The highest BCUT2D eigenvalue weighted by atomic mass is 35.5. The first-order chi connectivity index (χ1) is 8.75. The molecule has 1 N–H and O–H groups in total. The van der Waals surface area contributed by atoms with E-state index in [0.717, 1.165) is 23.7 Å². The van der Waals surface area contributed by atoms with Crippen molar-refractivity contribution in [2.45, 2.75) is 32.7 Å². The van der Waals surface area contributed by atoms with E-state index in [1.54, 1.807) is 0 Å². The normalized spacial score (nSPS) is 17.0. The smallest absolute Gasteiger partial charge is 0.0438 e. The highest BCUT2D eigenvalue weighted by Crippen LogP contribution is 2.16. The first-order valence-corrected chi connectivity index (χ1v) is 7.31. The molecule has 0 aromatic heterocycles. The van der Waals surface area contributed by atoms with E-state index in [0.29, 0.717) is 0 Å². The van der Waals surface area contributed by atoms with Gasteiger partial charge in [0.15, 0.2) is 0 Å². The molecule has 2 rings (SSSR count). The van der Waals surface area contributed by atoms with Crippen LogP contribution in [-0.4, -0.2) is 31.1 Å². The van der Waals surface area contributed by atoms with Crippen molar-refractivity contribution in [3.63, 3.8) is 0 Å². The van der Waals surface area contributed by atoms with Gasteiger partial charge in [-0.3, -0.25) is 0 Å². The molecule has 18 heavy (non-hydrogen) atoms. The first-order valence-electron chi connectivity index (χ1n) is 6.94. The van der Waals surface area contributed by atoms with Crippen LogP contribution in [0.2, 0.25) is 5.02 Å². The molecule has 0 bridgehead atoms. The number of rotatable bonds is 5. The van der Waals surface area contributed by atoms with Gasteiger partial charge in [0.25, 0.3) is 0 Å². The van der Waals surface area contributed by atoms with Crippen molar-refractivity contribution in [2.75, 3.05) is 26.2 Å². The van der Waals surface area contributed by atoms with Crippen LogP contribution in [0.15, 0.2) is 18.2 Å². The predicted octanol–water partition coefficient (Wildman–Crippen LogP) is 3.22. The number of halogens is 1. The number of aryl methyl sites for hydroxylation is 1. The van der Waals surface area contributed by atoms with Crippen LogP contribution in [0, 0.1) is 6.92 Å². The van der Waals surface area contributed by atoms with Crippen LogP contribution >= 0.6 is 11.6 Å². The van der Waals surface area contributed by atoms with E-state index in [1.165, 1.54) is 44.5 Å². The van der Waals surface area contributed by atoms with E-state index in [-0.39, 0.29) is 0 Å². The van der Waals surface area contributed by atoms with Gasteiger partial charge in [-0.05, 0) is 50.0 Å². The molecule has 0 amide bonds. The van der Waals surface area contributed by atoms with Gasteiger partial charge >= 0.3 is 0 Å². The number of piperidine rings is 1. The highest BCUT2D eigenvalue weighted by Gasteiger charge is 2.08. The molecule has 0 atom stereocenters. The second kappa shape index (κ2) is 7.13. The molecule has 1 aliphatic rings. The minimum atomic E-state index is 0.866. The fourth-order valence-corrected chi connectivity index (χ4v) is 2.60. The molecule has 3 heteroatoms. The Balaban J connectivity index is 1.66. The van der Waals surface area contributed by atoms with Crippen LogP contribution in [0.3, 0.4) is 0 Å². The Hall–Kier alpha value is -0.570. The fraction of sp³-hybridized carbons (Fsp3) is 0.600. The van der Waals surface area contributed by atoms with Gasteiger partial charge in [-0.25, -0.2) is 0 Å². The van der Waals surface area contributed by atoms with Gasteiger partial charge in [0.05, 0.1) is 0 Å². The molecule has 0 aliphatic carbocycles. The molecular formula is C15H23ClN2. The lowest BCUT2D eigenvalue weighted by Crippen LogP contribution is -2.35. The van der Waals surface area contributed by atoms with Gasteiger partial charge in [-0.2, -0.15) is 0 Å². The summed E-state index contributed by atoms with van der Waals surface area (Å²) in [6.45, 7) is 7.73. The molecule has 1 heterocycles. The van der Waals surface area contributed by atoms with Crippen molar-refractivity contribution in [2.24, 2.45) is 0 Å². The number of likely N-dealkylation sites (tertiary alicyclic amines) is 1. The third-order valence-electron chi connectivity index (χ3n) is 3.62. The van der Waals surface area contributed by atoms with Gasteiger partial charge in [-0.1, -0.05) is 30.2 Å². The summed E-state index contributed by atoms with van der Waals surface area (Å²) >= 11 is 6.11. The van der Waals surface area contributed by atoms with Gasteiger partial charge in [0.2, 0.25) is 0 Å². The average Bonchev–Trinajstić information content (AvgIpc) is 2.40. The summed E-state index contributed by atoms with van der Waals surface area (Å²) in [5.74, 6) is 0. The molecule has 1 aromatic rings. The van der Waals surface area contributed by atoms with Crippen molar-refractivity contribution in [3.05, 3.63) is 34.3 Å². The Bertz CT molecular complexity index is 373. The van der Waals surface area contributed by atoms with Gasteiger partial charge in [0.1, 0.15) is 0 Å². The van der Waals surface area contributed by atoms with Crippen LogP contribution in [0.4, 0.5) is 0 Å². The monoisotopic (exact) mass is 266 g/mol. The Labute approximate surface area is 115 Å². The molecule has 0 radical (unpaired) electrons. The van der Waals surface area contributed by atoms with E-state index in [9.17, 15) is 0 Å². The lowest BCUT2D eigenvalue weighted by Gasteiger charge is -2.26. The Morgan fingerprint density at radius 3 is 2.72 bits per heavy atom. The Kier molecular flexibility index (Phi) is 5.48. The van der Waals surface area contributed by atoms with Crippen molar-refractivity contribution in [1.82, 2.24) is 10.2 Å². The maximum atomic E-state index is 6.11. The number of hydrogen-bond acceptors (Lipinski definition) is 2. The predicted molar refractivity (Wildman–Crippen MR) is 78.2 cm³/mol. The number of hydrogen-bond donors (Lipinski definition) is 1. The minimum absolute atomic E-state index is 0.866. The molecule has 1 aromatic carbocycles. The Morgan fingerprint density at radius 1 is 1.22 bits per heavy atom. The van der Waals surface area contributed by atoms with Crippen LogP contribution in [-0.2, 0) is 6.54 Å². The Morgan fingerprint density at radius 2 is 2.00 bits per heavy atom. The van der Waals surface area contributed by atoms with E-state index in [2.05, 4.69) is 28.4 Å². The molecule has 2 nitrogen and oxygen atoms in total. The van der Waals surface area contributed by atoms with Crippen LogP contribution in [0.25, 0.3) is 0 Å². The van der Waals surface area contributed by atoms with Gasteiger partial charge in [0, 0.05) is 24.7 Å². The van der Waals surface area contributed by atoms with Gasteiger partial charge in [-0.15, -0.1) is 0 Å². The van der Waals surface area contributed by atoms with Crippen LogP contribution in [0.5, 0.6) is 0 Å². The second-order valence-electron chi connectivity index (χ2n) is 5.16. The quantitative estimate of drug-likeness (QED) is 0.824. The summed E-state index contributed by atoms with van der Waals surface area (Å²) < 4.78 is 0.